The molecule has 1 aromatic rings. The standard InChI is InChI=1S/C16H30N6O/c1-6-14(19(4)5)16(23)21-9-7-20(8-10-21)11-15-17-12-18-22(15)13(2)3/h12-14H,6-11H2,1-5H3/t14-/m0/s1. The molecule has 23 heavy (non-hydrogen) atoms. The summed E-state index contributed by atoms with van der Waals surface area (Å²) >= 11 is 0. The minimum atomic E-state index is -0.00871. The molecule has 0 saturated carbocycles. The lowest BCUT2D eigenvalue weighted by Crippen LogP contribution is -2.53. The van der Waals surface area contributed by atoms with E-state index in [0.717, 1.165) is 45.0 Å². The first-order valence-electron chi connectivity index (χ1n) is 8.50. The smallest absolute Gasteiger partial charge is 0.239 e. The molecule has 130 valence electrons. The van der Waals surface area contributed by atoms with Gasteiger partial charge in [0, 0.05) is 32.2 Å². The van der Waals surface area contributed by atoms with Crippen LogP contribution in [0.25, 0.3) is 0 Å². The van der Waals surface area contributed by atoms with Gasteiger partial charge in [0.15, 0.2) is 0 Å². The maximum atomic E-state index is 12.6. The molecule has 0 radical (unpaired) electrons. The normalized spacial score (nSPS) is 18.0. The maximum Gasteiger partial charge on any atom is 0.239 e. The second-order valence-electron chi connectivity index (χ2n) is 6.70. The monoisotopic (exact) mass is 322 g/mol. The molecule has 0 aromatic carbocycles. The fourth-order valence-electron chi connectivity index (χ4n) is 3.12. The van der Waals surface area contributed by atoms with Gasteiger partial charge in [-0.15, -0.1) is 0 Å². The van der Waals surface area contributed by atoms with E-state index < -0.39 is 0 Å². The molecule has 1 aromatic heterocycles. The molecular weight excluding hydrogens is 292 g/mol. The number of carbonyl (C=O) groups is 1. The fraction of sp³-hybridized carbons (Fsp3) is 0.812. The van der Waals surface area contributed by atoms with E-state index in [1.165, 1.54) is 0 Å². The molecule has 1 aliphatic heterocycles. The molecule has 1 fully saturated rings. The Balaban J connectivity index is 1.89. The predicted octanol–water partition coefficient (Wildman–Crippen LogP) is 0.843. The Morgan fingerprint density at radius 2 is 1.91 bits per heavy atom. The molecule has 0 aliphatic carbocycles. The lowest BCUT2D eigenvalue weighted by Gasteiger charge is -2.37. The van der Waals surface area contributed by atoms with Crippen molar-refractivity contribution in [3.8, 4) is 0 Å². The van der Waals surface area contributed by atoms with Crippen molar-refractivity contribution in [2.24, 2.45) is 0 Å². The predicted molar refractivity (Wildman–Crippen MR) is 90.0 cm³/mol. The van der Waals surface area contributed by atoms with Crippen molar-refractivity contribution in [3.63, 3.8) is 0 Å². The SMILES string of the molecule is CC[C@@H](C(=O)N1CCN(Cc2ncnn2C(C)C)CC1)N(C)C. The van der Waals surface area contributed by atoms with Crippen molar-refractivity contribution >= 4 is 5.91 Å². The van der Waals surface area contributed by atoms with E-state index in [4.69, 9.17) is 0 Å². The number of rotatable bonds is 6. The first-order chi connectivity index (χ1) is 10.9. The van der Waals surface area contributed by atoms with Gasteiger partial charge in [-0.3, -0.25) is 14.6 Å². The van der Waals surface area contributed by atoms with Crippen molar-refractivity contribution in [3.05, 3.63) is 12.2 Å². The van der Waals surface area contributed by atoms with Gasteiger partial charge in [-0.05, 0) is 34.4 Å². The zero-order valence-electron chi connectivity index (χ0n) is 15.1. The quantitative estimate of drug-likeness (QED) is 0.777. The van der Waals surface area contributed by atoms with Crippen LogP contribution in [-0.4, -0.2) is 81.7 Å². The lowest BCUT2D eigenvalue weighted by molar-refractivity contribution is -0.138. The summed E-state index contributed by atoms with van der Waals surface area (Å²) in [7, 11) is 3.95. The first-order valence-corrected chi connectivity index (χ1v) is 8.50. The first kappa shape index (κ1) is 17.9. The highest BCUT2D eigenvalue weighted by molar-refractivity contribution is 5.81. The van der Waals surface area contributed by atoms with Crippen LogP contribution < -0.4 is 0 Å². The molecule has 0 unspecified atom stereocenters. The summed E-state index contributed by atoms with van der Waals surface area (Å²) in [5.74, 6) is 1.25. The Morgan fingerprint density at radius 3 is 2.43 bits per heavy atom. The zero-order valence-corrected chi connectivity index (χ0v) is 15.1. The van der Waals surface area contributed by atoms with Crippen LogP contribution in [0.3, 0.4) is 0 Å². The summed E-state index contributed by atoms with van der Waals surface area (Å²) in [5.41, 5.74) is 0. The Kier molecular flexibility index (Phi) is 6.12. The van der Waals surface area contributed by atoms with Gasteiger partial charge in [-0.1, -0.05) is 6.92 Å². The van der Waals surface area contributed by atoms with Crippen LogP contribution >= 0.6 is 0 Å². The van der Waals surface area contributed by atoms with Crippen LogP contribution in [0.4, 0.5) is 0 Å². The minimum Gasteiger partial charge on any atom is -0.339 e. The lowest BCUT2D eigenvalue weighted by atomic mass is 10.1. The Bertz CT molecular complexity index is 504. The van der Waals surface area contributed by atoms with Gasteiger partial charge in [0.1, 0.15) is 12.2 Å². The van der Waals surface area contributed by atoms with Crippen LogP contribution in [-0.2, 0) is 11.3 Å². The molecular formula is C16H30N6O. The van der Waals surface area contributed by atoms with E-state index in [0.29, 0.717) is 6.04 Å². The van der Waals surface area contributed by atoms with Crippen LogP contribution in [0, 0.1) is 0 Å². The number of hydrogen-bond donors (Lipinski definition) is 0. The van der Waals surface area contributed by atoms with E-state index in [9.17, 15) is 4.79 Å². The van der Waals surface area contributed by atoms with Gasteiger partial charge in [0.2, 0.25) is 5.91 Å². The van der Waals surface area contributed by atoms with E-state index in [1.54, 1.807) is 6.33 Å². The number of likely N-dealkylation sites (N-methyl/N-ethyl adjacent to an activating group) is 1. The highest BCUT2D eigenvalue weighted by Gasteiger charge is 2.28. The zero-order chi connectivity index (χ0) is 17.0. The van der Waals surface area contributed by atoms with Crippen molar-refractivity contribution in [1.82, 2.24) is 29.5 Å². The number of amides is 1. The largest absolute Gasteiger partial charge is 0.339 e. The van der Waals surface area contributed by atoms with Crippen LogP contribution in [0.1, 0.15) is 39.1 Å². The molecule has 7 nitrogen and oxygen atoms in total. The summed E-state index contributed by atoms with van der Waals surface area (Å²) in [6.45, 7) is 10.4. The number of nitrogens with zero attached hydrogens (tertiary/aromatic N) is 6. The average Bonchev–Trinajstić information content (AvgIpc) is 2.96. The third kappa shape index (κ3) is 4.29. The molecule has 7 heteroatoms. The molecule has 0 spiro atoms. The number of carbonyl (C=O) groups excluding carboxylic acids is 1. The van der Waals surface area contributed by atoms with Gasteiger partial charge in [-0.2, -0.15) is 5.10 Å². The van der Waals surface area contributed by atoms with Gasteiger partial charge < -0.3 is 4.90 Å². The van der Waals surface area contributed by atoms with Crippen molar-refractivity contribution < 1.29 is 4.79 Å². The highest BCUT2D eigenvalue weighted by atomic mass is 16.2. The molecule has 2 heterocycles. The summed E-state index contributed by atoms with van der Waals surface area (Å²) in [6, 6.07) is 0.311. The van der Waals surface area contributed by atoms with Crippen molar-refractivity contribution in [1.29, 1.82) is 0 Å². The van der Waals surface area contributed by atoms with E-state index >= 15 is 0 Å². The molecule has 1 aliphatic rings. The Morgan fingerprint density at radius 1 is 1.26 bits per heavy atom. The summed E-state index contributed by atoms with van der Waals surface area (Å²) in [5, 5.41) is 4.29. The second-order valence-corrected chi connectivity index (χ2v) is 6.70. The minimum absolute atomic E-state index is 0.00871. The van der Waals surface area contributed by atoms with Gasteiger partial charge in [0.25, 0.3) is 0 Å². The van der Waals surface area contributed by atoms with Crippen LogP contribution in [0.2, 0.25) is 0 Å². The van der Waals surface area contributed by atoms with Crippen LogP contribution in [0.5, 0.6) is 0 Å². The number of hydrogen-bond acceptors (Lipinski definition) is 5. The summed E-state index contributed by atoms with van der Waals surface area (Å²) in [6.07, 6.45) is 2.47. The maximum absolute atomic E-state index is 12.6. The third-order valence-corrected chi connectivity index (χ3v) is 4.48. The number of aromatic nitrogens is 3. The molecule has 0 bridgehead atoms. The highest BCUT2D eigenvalue weighted by Crippen LogP contribution is 2.12. The Labute approximate surface area is 139 Å². The van der Waals surface area contributed by atoms with E-state index in [-0.39, 0.29) is 11.9 Å². The molecule has 1 atom stereocenters. The topological polar surface area (TPSA) is 57.5 Å². The van der Waals surface area contributed by atoms with E-state index in [1.807, 2.05) is 28.6 Å². The summed E-state index contributed by atoms with van der Waals surface area (Å²) in [4.78, 5) is 23.3. The summed E-state index contributed by atoms with van der Waals surface area (Å²) < 4.78 is 1.97. The molecule has 0 N–H and O–H groups in total. The average molecular weight is 322 g/mol. The fourth-order valence-corrected chi connectivity index (χ4v) is 3.12. The van der Waals surface area contributed by atoms with Gasteiger partial charge in [0.05, 0.1) is 12.6 Å². The molecule has 2 rings (SSSR count). The molecule has 1 saturated heterocycles. The van der Waals surface area contributed by atoms with Crippen molar-refractivity contribution in [2.75, 3.05) is 40.3 Å². The van der Waals surface area contributed by atoms with Gasteiger partial charge >= 0.3 is 0 Å². The van der Waals surface area contributed by atoms with Crippen LogP contribution in [0.15, 0.2) is 6.33 Å². The second kappa shape index (κ2) is 7.88. The molecule has 1 amide bonds. The van der Waals surface area contributed by atoms with Gasteiger partial charge in [-0.25, -0.2) is 9.67 Å². The Hall–Kier alpha value is -1.47. The van der Waals surface area contributed by atoms with E-state index in [2.05, 4.69) is 35.8 Å². The number of piperazine rings is 1. The van der Waals surface area contributed by atoms with Crippen molar-refractivity contribution in [2.45, 2.75) is 45.8 Å². The third-order valence-electron chi connectivity index (χ3n) is 4.48.